The summed E-state index contributed by atoms with van der Waals surface area (Å²) in [7, 11) is 0. The summed E-state index contributed by atoms with van der Waals surface area (Å²) in [4.78, 5) is 30.7. The lowest BCUT2D eigenvalue weighted by Gasteiger charge is -2.32. The predicted octanol–water partition coefficient (Wildman–Crippen LogP) is 2.28. The Hall–Kier alpha value is -3.89. The van der Waals surface area contributed by atoms with Crippen LogP contribution in [-0.4, -0.2) is 67.8 Å². The van der Waals surface area contributed by atoms with Gasteiger partial charge in [-0.1, -0.05) is 0 Å². The predicted molar refractivity (Wildman–Crippen MR) is 136 cm³/mol. The van der Waals surface area contributed by atoms with Crippen molar-refractivity contribution in [2.75, 3.05) is 41.8 Å². The van der Waals surface area contributed by atoms with E-state index in [-0.39, 0.29) is 18.5 Å². The molecular formula is C25H31N9O2. The molecule has 3 aromatic rings. The zero-order valence-corrected chi connectivity index (χ0v) is 20.9. The van der Waals surface area contributed by atoms with Gasteiger partial charge in [-0.05, 0) is 32.8 Å². The van der Waals surface area contributed by atoms with E-state index >= 15 is 0 Å². The highest BCUT2D eigenvalue weighted by Gasteiger charge is 2.26. The Kier molecular flexibility index (Phi) is 5.62. The van der Waals surface area contributed by atoms with Gasteiger partial charge in [0, 0.05) is 55.6 Å². The highest BCUT2D eigenvalue weighted by atomic mass is 16.5. The van der Waals surface area contributed by atoms with Gasteiger partial charge in [0.05, 0.1) is 24.1 Å². The van der Waals surface area contributed by atoms with Crippen molar-refractivity contribution in [2.24, 2.45) is 0 Å². The first-order chi connectivity index (χ1) is 17.5. The molecule has 3 aromatic heterocycles. The van der Waals surface area contributed by atoms with E-state index in [4.69, 9.17) is 9.72 Å². The van der Waals surface area contributed by atoms with Crippen LogP contribution in [-0.2, 0) is 30.7 Å². The second-order valence-corrected chi connectivity index (χ2v) is 9.80. The molecule has 6 heterocycles. The van der Waals surface area contributed by atoms with Gasteiger partial charge in [0.2, 0.25) is 17.7 Å². The number of carbonyl (C=O) groups is 1. The molecule has 1 amide bonds. The van der Waals surface area contributed by atoms with Crippen molar-refractivity contribution in [3.8, 4) is 5.88 Å². The molecule has 188 valence electrons. The highest BCUT2D eigenvalue weighted by Crippen LogP contribution is 2.36. The van der Waals surface area contributed by atoms with E-state index < -0.39 is 0 Å². The van der Waals surface area contributed by atoms with Crippen molar-refractivity contribution in [3.05, 3.63) is 41.0 Å². The van der Waals surface area contributed by atoms with Crippen molar-refractivity contribution < 1.29 is 9.53 Å². The Morgan fingerprint density at radius 1 is 1.14 bits per heavy atom. The van der Waals surface area contributed by atoms with Gasteiger partial charge in [-0.3, -0.25) is 9.48 Å². The smallest absolute Gasteiger partial charge is 0.244 e. The SMILES string of the molecule is Cc1c(N2CCc3cnc(Nc4cc5n(n4)CC(=O)N(C(C)C)CC5)nc3C2)cnc2c1NCCO2. The number of nitrogens with one attached hydrogen (secondary N) is 2. The van der Waals surface area contributed by atoms with Gasteiger partial charge < -0.3 is 25.2 Å². The molecule has 0 aliphatic carbocycles. The largest absolute Gasteiger partial charge is 0.474 e. The fourth-order valence-corrected chi connectivity index (χ4v) is 5.19. The third kappa shape index (κ3) is 4.08. The van der Waals surface area contributed by atoms with Crippen molar-refractivity contribution >= 4 is 29.0 Å². The maximum absolute atomic E-state index is 12.6. The minimum Gasteiger partial charge on any atom is -0.474 e. The number of hydrogen-bond acceptors (Lipinski definition) is 9. The summed E-state index contributed by atoms with van der Waals surface area (Å²) in [6.07, 6.45) is 5.43. The Morgan fingerprint density at radius 2 is 2.03 bits per heavy atom. The number of ether oxygens (including phenoxy) is 1. The number of nitrogens with zero attached hydrogens (tertiary/aromatic N) is 7. The number of aromatic nitrogens is 5. The van der Waals surface area contributed by atoms with Crippen LogP contribution < -0.4 is 20.3 Å². The molecule has 6 rings (SSSR count). The number of anilines is 4. The second-order valence-electron chi connectivity index (χ2n) is 9.80. The van der Waals surface area contributed by atoms with Crippen LogP contribution in [0.3, 0.4) is 0 Å². The lowest BCUT2D eigenvalue weighted by Crippen LogP contribution is -2.38. The first-order valence-electron chi connectivity index (χ1n) is 12.6. The second kappa shape index (κ2) is 8.96. The molecule has 3 aliphatic rings. The molecule has 0 saturated heterocycles. The van der Waals surface area contributed by atoms with Gasteiger partial charge in [0.1, 0.15) is 18.8 Å². The van der Waals surface area contributed by atoms with Crippen LogP contribution >= 0.6 is 0 Å². The zero-order chi connectivity index (χ0) is 24.8. The minimum atomic E-state index is 0.0947. The number of fused-ring (bicyclic) bond motifs is 3. The number of hydrogen-bond donors (Lipinski definition) is 2. The van der Waals surface area contributed by atoms with E-state index in [1.54, 1.807) is 4.68 Å². The Bertz CT molecular complexity index is 1320. The summed E-state index contributed by atoms with van der Waals surface area (Å²) < 4.78 is 7.47. The lowest BCUT2D eigenvalue weighted by molar-refractivity contribution is -0.133. The molecule has 0 fully saturated rings. The molecule has 3 aliphatic heterocycles. The molecule has 0 radical (unpaired) electrons. The number of carbonyl (C=O) groups excluding carboxylic acids is 1. The van der Waals surface area contributed by atoms with Crippen LogP contribution in [0.25, 0.3) is 0 Å². The highest BCUT2D eigenvalue weighted by molar-refractivity contribution is 5.77. The van der Waals surface area contributed by atoms with E-state index in [1.807, 2.05) is 37.2 Å². The monoisotopic (exact) mass is 489 g/mol. The molecule has 0 saturated carbocycles. The van der Waals surface area contributed by atoms with Crippen molar-refractivity contribution in [1.29, 1.82) is 0 Å². The normalized spacial score (nSPS) is 17.1. The zero-order valence-electron chi connectivity index (χ0n) is 20.9. The van der Waals surface area contributed by atoms with Gasteiger partial charge in [0.25, 0.3) is 0 Å². The maximum Gasteiger partial charge on any atom is 0.244 e. The minimum absolute atomic E-state index is 0.0947. The van der Waals surface area contributed by atoms with Crippen LogP contribution in [0, 0.1) is 6.92 Å². The molecule has 2 N–H and O–H groups in total. The van der Waals surface area contributed by atoms with Crippen LogP contribution in [0.5, 0.6) is 5.88 Å². The van der Waals surface area contributed by atoms with Gasteiger partial charge in [-0.15, -0.1) is 0 Å². The van der Waals surface area contributed by atoms with Crippen LogP contribution in [0.2, 0.25) is 0 Å². The molecule has 0 aromatic carbocycles. The molecular weight excluding hydrogens is 458 g/mol. The molecule has 0 spiro atoms. The molecule has 0 bridgehead atoms. The van der Waals surface area contributed by atoms with Gasteiger partial charge in [-0.25, -0.2) is 15.0 Å². The van der Waals surface area contributed by atoms with Crippen LogP contribution in [0.15, 0.2) is 18.5 Å². The van der Waals surface area contributed by atoms with E-state index in [9.17, 15) is 4.79 Å². The lowest BCUT2D eigenvalue weighted by atomic mass is 10.0. The first kappa shape index (κ1) is 22.6. The fraction of sp³-hybridized carbons (Fsp3) is 0.480. The number of rotatable bonds is 4. The summed E-state index contributed by atoms with van der Waals surface area (Å²) >= 11 is 0. The van der Waals surface area contributed by atoms with Gasteiger partial charge in [-0.2, -0.15) is 5.10 Å². The van der Waals surface area contributed by atoms with E-state index in [2.05, 4.69) is 37.5 Å². The van der Waals surface area contributed by atoms with Gasteiger partial charge in [0.15, 0.2) is 5.82 Å². The number of amides is 1. The van der Waals surface area contributed by atoms with Crippen molar-refractivity contribution in [1.82, 2.24) is 29.6 Å². The van der Waals surface area contributed by atoms with Crippen molar-refractivity contribution in [3.63, 3.8) is 0 Å². The first-order valence-corrected chi connectivity index (χ1v) is 12.6. The average Bonchev–Trinajstić information content (AvgIpc) is 3.16. The molecule has 36 heavy (non-hydrogen) atoms. The topological polar surface area (TPSA) is 113 Å². The summed E-state index contributed by atoms with van der Waals surface area (Å²) in [5, 5.41) is 11.3. The Labute approximate surface area is 209 Å². The maximum atomic E-state index is 12.6. The quantitative estimate of drug-likeness (QED) is 0.570. The van der Waals surface area contributed by atoms with E-state index in [1.165, 1.54) is 0 Å². The van der Waals surface area contributed by atoms with Gasteiger partial charge >= 0.3 is 0 Å². The van der Waals surface area contributed by atoms with Crippen LogP contribution in [0.1, 0.15) is 36.4 Å². The molecule has 0 unspecified atom stereocenters. The molecule has 11 nitrogen and oxygen atoms in total. The van der Waals surface area contributed by atoms with Crippen LogP contribution in [0.4, 0.5) is 23.1 Å². The van der Waals surface area contributed by atoms with Crippen molar-refractivity contribution in [2.45, 2.75) is 52.7 Å². The summed E-state index contributed by atoms with van der Waals surface area (Å²) in [5.74, 6) is 1.93. The third-order valence-electron chi connectivity index (χ3n) is 7.15. The Morgan fingerprint density at radius 3 is 2.89 bits per heavy atom. The number of pyridine rings is 1. The summed E-state index contributed by atoms with van der Waals surface area (Å²) in [5.41, 5.74) is 6.38. The fourth-order valence-electron chi connectivity index (χ4n) is 5.19. The molecule has 0 atom stereocenters. The standard InChI is InChI=1S/C25H31N9O2/c1-15(2)33-8-5-18-10-21(31-34(18)14-22(33)35)30-25-28-11-17-4-7-32(13-19(17)29-25)20-12-27-24-23(16(20)3)26-6-9-36-24/h10-12,15,26H,4-9,13-14H2,1-3H3,(H,28,29,30,31). The summed E-state index contributed by atoms with van der Waals surface area (Å²) in [6, 6.07) is 2.18. The third-order valence-corrected chi connectivity index (χ3v) is 7.15. The Balaban J connectivity index is 1.19. The van der Waals surface area contributed by atoms with E-state index in [0.717, 1.165) is 59.8 Å². The summed E-state index contributed by atoms with van der Waals surface area (Å²) in [6.45, 7) is 10.1. The van der Waals surface area contributed by atoms with E-state index in [0.29, 0.717) is 37.3 Å². The molecule has 11 heteroatoms. The average molecular weight is 490 g/mol.